The van der Waals surface area contributed by atoms with Crippen molar-refractivity contribution in [2.24, 2.45) is 0 Å². The monoisotopic (exact) mass is 431 g/mol. The molecule has 6 nitrogen and oxygen atoms in total. The second-order valence-electron chi connectivity index (χ2n) is 7.43. The van der Waals surface area contributed by atoms with Gasteiger partial charge in [0.15, 0.2) is 5.69 Å². The molecule has 3 N–H and O–H groups in total. The quantitative estimate of drug-likeness (QED) is 0.280. The van der Waals surface area contributed by atoms with Crippen LogP contribution in [0.4, 0.5) is 11.4 Å². The Labute approximate surface area is 185 Å². The zero-order chi connectivity index (χ0) is 21.5. The van der Waals surface area contributed by atoms with E-state index in [0.717, 1.165) is 43.4 Å². The van der Waals surface area contributed by atoms with Crippen LogP contribution in [0.3, 0.4) is 0 Å². The van der Waals surface area contributed by atoms with Gasteiger partial charge in [-0.25, -0.2) is 0 Å². The molecule has 7 heteroatoms. The van der Waals surface area contributed by atoms with E-state index >= 15 is 0 Å². The largest absolute Gasteiger partial charge is 0.397 e. The maximum absolute atomic E-state index is 12.6. The van der Waals surface area contributed by atoms with Crippen molar-refractivity contribution < 1.29 is 4.79 Å². The molecule has 0 saturated heterocycles. The van der Waals surface area contributed by atoms with E-state index in [1.165, 1.54) is 5.56 Å². The zero-order valence-corrected chi connectivity index (χ0v) is 18.0. The van der Waals surface area contributed by atoms with Crippen LogP contribution < -0.4 is 11.1 Å². The molecule has 1 amide bonds. The second-order valence-corrected chi connectivity index (χ2v) is 8.21. The van der Waals surface area contributed by atoms with Gasteiger partial charge in [0.25, 0.3) is 5.91 Å². The van der Waals surface area contributed by atoms with Crippen LogP contribution in [-0.4, -0.2) is 20.9 Å². The zero-order valence-electron chi connectivity index (χ0n) is 17.2. The lowest BCUT2D eigenvalue weighted by Gasteiger charge is -2.09. The number of hydrogen-bond acceptors (Lipinski definition) is 5. The van der Waals surface area contributed by atoms with E-state index in [1.54, 1.807) is 28.3 Å². The molecule has 0 aliphatic rings. The molecular formula is C24H25N5OS. The molecule has 0 saturated carbocycles. The molecule has 2 heterocycles. The van der Waals surface area contributed by atoms with Crippen molar-refractivity contribution in [1.29, 1.82) is 0 Å². The highest BCUT2D eigenvalue weighted by Gasteiger charge is 2.13. The average Bonchev–Trinajstić information content (AvgIpc) is 3.48. The van der Waals surface area contributed by atoms with Gasteiger partial charge in [0, 0.05) is 6.54 Å². The molecule has 0 aliphatic carbocycles. The van der Waals surface area contributed by atoms with E-state index < -0.39 is 0 Å². The Morgan fingerprint density at radius 1 is 1.03 bits per heavy atom. The van der Waals surface area contributed by atoms with Crippen molar-refractivity contribution in [3.63, 3.8) is 0 Å². The van der Waals surface area contributed by atoms with Crippen molar-refractivity contribution >= 4 is 28.6 Å². The number of amides is 1. The van der Waals surface area contributed by atoms with Gasteiger partial charge in [-0.1, -0.05) is 48.0 Å². The predicted octanol–water partition coefficient (Wildman–Crippen LogP) is 5.25. The van der Waals surface area contributed by atoms with Crippen molar-refractivity contribution in [2.45, 2.75) is 32.2 Å². The average molecular weight is 432 g/mol. The molecule has 0 bridgehead atoms. The molecule has 0 unspecified atom stereocenters. The summed E-state index contributed by atoms with van der Waals surface area (Å²) < 4.78 is 1.72. The standard InChI is InChI=1S/C24H25N5OS/c25-21-11-10-19(20-12-14-31-17-20)15-22(21)26-24(30)23-16-29(28-27-23)13-6-2-5-9-18-7-3-1-4-8-18/h1,3-4,7-8,10-12,14-17H,2,5-6,9,13,25H2,(H,26,30). The summed E-state index contributed by atoms with van der Waals surface area (Å²) in [5.41, 5.74) is 10.9. The van der Waals surface area contributed by atoms with E-state index in [0.29, 0.717) is 11.4 Å². The first-order valence-electron chi connectivity index (χ1n) is 10.4. The fourth-order valence-electron chi connectivity index (χ4n) is 3.40. The lowest BCUT2D eigenvalue weighted by atomic mass is 10.1. The number of benzene rings is 2. The number of unbranched alkanes of at least 4 members (excludes halogenated alkanes) is 2. The fourth-order valence-corrected chi connectivity index (χ4v) is 4.06. The number of aryl methyl sites for hydroxylation is 2. The molecule has 0 radical (unpaired) electrons. The summed E-state index contributed by atoms with van der Waals surface area (Å²) in [4.78, 5) is 12.6. The Bertz CT molecular complexity index is 1120. The maximum Gasteiger partial charge on any atom is 0.277 e. The van der Waals surface area contributed by atoms with Gasteiger partial charge in [-0.05, 0) is 64.9 Å². The van der Waals surface area contributed by atoms with Gasteiger partial charge in [-0.15, -0.1) is 5.10 Å². The normalized spacial score (nSPS) is 10.8. The molecule has 158 valence electrons. The van der Waals surface area contributed by atoms with Crippen molar-refractivity contribution in [2.75, 3.05) is 11.1 Å². The van der Waals surface area contributed by atoms with E-state index in [1.807, 2.05) is 29.6 Å². The lowest BCUT2D eigenvalue weighted by molar-refractivity contribution is 0.102. The van der Waals surface area contributed by atoms with Crippen LogP contribution in [0.1, 0.15) is 35.3 Å². The van der Waals surface area contributed by atoms with Gasteiger partial charge >= 0.3 is 0 Å². The van der Waals surface area contributed by atoms with Gasteiger partial charge in [-0.2, -0.15) is 11.3 Å². The van der Waals surface area contributed by atoms with Gasteiger partial charge in [0.2, 0.25) is 0 Å². The lowest BCUT2D eigenvalue weighted by Crippen LogP contribution is -2.13. The number of nitrogens with one attached hydrogen (secondary N) is 1. The summed E-state index contributed by atoms with van der Waals surface area (Å²) in [6, 6.07) is 18.2. The predicted molar refractivity (Wildman–Crippen MR) is 126 cm³/mol. The summed E-state index contributed by atoms with van der Waals surface area (Å²) >= 11 is 1.63. The maximum atomic E-state index is 12.6. The number of aromatic nitrogens is 3. The molecule has 0 spiro atoms. The third-order valence-electron chi connectivity index (χ3n) is 5.12. The summed E-state index contributed by atoms with van der Waals surface area (Å²) in [5.74, 6) is -0.315. The molecule has 2 aromatic carbocycles. The number of nitrogens with zero attached hydrogens (tertiary/aromatic N) is 3. The van der Waals surface area contributed by atoms with Crippen LogP contribution >= 0.6 is 11.3 Å². The minimum absolute atomic E-state index is 0.282. The number of hydrogen-bond donors (Lipinski definition) is 2. The number of carbonyl (C=O) groups excluding carboxylic acids is 1. The second kappa shape index (κ2) is 10.0. The third-order valence-corrected chi connectivity index (χ3v) is 5.81. The summed E-state index contributed by atoms with van der Waals surface area (Å²) in [7, 11) is 0. The van der Waals surface area contributed by atoms with Gasteiger partial charge < -0.3 is 11.1 Å². The SMILES string of the molecule is Nc1ccc(-c2ccsc2)cc1NC(=O)c1cn(CCCCCc2ccccc2)nn1. The minimum Gasteiger partial charge on any atom is -0.397 e. The summed E-state index contributed by atoms with van der Waals surface area (Å²) in [5, 5.41) is 15.1. The number of nitrogen functional groups attached to an aromatic ring is 1. The highest BCUT2D eigenvalue weighted by atomic mass is 32.1. The minimum atomic E-state index is -0.315. The Morgan fingerprint density at radius 2 is 1.90 bits per heavy atom. The van der Waals surface area contributed by atoms with E-state index in [-0.39, 0.29) is 11.6 Å². The molecule has 4 rings (SSSR count). The fraction of sp³-hybridized carbons (Fsp3) is 0.208. The van der Waals surface area contributed by atoms with Crippen LogP contribution in [-0.2, 0) is 13.0 Å². The van der Waals surface area contributed by atoms with E-state index in [9.17, 15) is 4.79 Å². The molecule has 31 heavy (non-hydrogen) atoms. The number of rotatable bonds is 9. The molecule has 0 atom stereocenters. The third kappa shape index (κ3) is 5.58. The van der Waals surface area contributed by atoms with Crippen LogP contribution in [0, 0.1) is 0 Å². The summed E-state index contributed by atoms with van der Waals surface area (Å²) in [6.45, 7) is 0.741. The highest BCUT2D eigenvalue weighted by molar-refractivity contribution is 7.08. The Balaban J connectivity index is 1.29. The summed E-state index contributed by atoms with van der Waals surface area (Å²) in [6.07, 6.45) is 5.99. The van der Waals surface area contributed by atoms with Crippen molar-refractivity contribution in [1.82, 2.24) is 15.0 Å². The van der Waals surface area contributed by atoms with Crippen LogP contribution in [0.5, 0.6) is 0 Å². The molecular weight excluding hydrogens is 406 g/mol. The Morgan fingerprint density at radius 3 is 2.71 bits per heavy atom. The van der Waals surface area contributed by atoms with Crippen molar-refractivity contribution in [3.8, 4) is 11.1 Å². The smallest absolute Gasteiger partial charge is 0.277 e. The molecule has 4 aromatic rings. The van der Waals surface area contributed by atoms with Crippen LogP contribution in [0.2, 0.25) is 0 Å². The number of anilines is 2. The molecule has 2 aromatic heterocycles. The van der Waals surface area contributed by atoms with Crippen LogP contribution in [0.15, 0.2) is 71.6 Å². The van der Waals surface area contributed by atoms with E-state index in [2.05, 4.69) is 45.3 Å². The number of nitrogens with two attached hydrogens (primary N) is 1. The van der Waals surface area contributed by atoms with E-state index in [4.69, 9.17) is 5.73 Å². The molecule has 0 aliphatic heterocycles. The van der Waals surface area contributed by atoms with Crippen LogP contribution in [0.25, 0.3) is 11.1 Å². The molecule has 0 fully saturated rings. The topological polar surface area (TPSA) is 85.8 Å². The first-order chi connectivity index (χ1) is 15.2. The highest BCUT2D eigenvalue weighted by Crippen LogP contribution is 2.28. The Hall–Kier alpha value is -3.45. The number of carbonyl (C=O) groups is 1. The van der Waals surface area contributed by atoms with Gasteiger partial charge in [0.05, 0.1) is 17.6 Å². The first kappa shape index (κ1) is 20.8. The van der Waals surface area contributed by atoms with Gasteiger partial charge in [-0.3, -0.25) is 9.48 Å². The first-order valence-corrected chi connectivity index (χ1v) is 11.3. The van der Waals surface area contributed by atoms with Gasteiger partial charge in [0.1, 0.15) is 0 Å². The number of thiophene rings is 1. The van der Waals surface area contributed by atoms with Crippen molar-refractivity contribution in [3.05, 3.63) is 82.8 Å². The Kier molecular flexibility index (Phi) is 6.74.